The highest BCUT2D eigenvalue weighted by atomic mass is 32.2. The summed E-state index contributed by atoms with van der Waals surface area (Å²) in [5, 5.41) is 12.4. The molecule has 0 saturated carbocycles. The molecular formula is C15H16N2O2S. The number of aromatic nitrogens is 1. The van der Waals surface area contributed by atoms with Crippen molar-refractivity contribution < 1.29 is 9.90 Å². The van der Waals surface area contributed by atoms with Crippen molar-refractivity contribution in [1.82, 2.24) is 4.98 Å². The lowest BCUT2D eigenvalue weighted by atomic mass is 10.1. The molecule has 1 aromatic carbocycles. The number of hydrogen-bond donors (Lipinski definition) is 2. The molecule has 4 nitrogen and oxygen atoms in total. The number of amides is 1. The molecule has 0 aliphatic carbocycles. The van der Waals surface area contributed by atoms with Crippen molar-refractivity contribution in [2.45, 2.75) is 11.4 Å². The van der Waals surface area contributed by atoms with Crippen LogP contribution in [0.3, 0.4) is 0 Å². The number of anilines is 1. The molecule has 1 heterocycles. The molecule has 2 aromatic rings. The van der Waals surface area contributed by atoms with Crippen LogP contribution in [0.1, 0.15) is 15.9 Å². The summed E-state index contributed by atoms with van der Waals surface area (Å²) < 4.78 is 0. The van der Waals surface area contributed by atoms with Crippen LogP contribution in [0.4, 0.5) is 5.69 Å². The van der Waals surface area contributed by atoms with Crippen molar-refractivity contribution in [1.29, 1.82) is 0 Å². The van der Waals surface area contributed by atoms with Gasteiger partial charge >= 0.3 is 0 Å². The van der Waals surface area contributed by atoms with Crippen LogP contribution in [-0.2, 0) is 6.42 Å². The van der Waals surface area contributed by atoms with E-state index in [-0.39, 0.29) is 12.5 Å². The van der Waals surface area contributed by atoms with Gasteiger partial charge in [0.15, 0.2) is 0 Å². The van der Waals surface area contributed by atoms with Crippen molar-refractivity contribution in [3.05, 3.63) is 53.7 Å². The second-order valence-corrected chi connectivity index (χ2v) is 4.98. The molecule has 0 atom stereocenters. The van der Waals surface area contributed by atoms with Crippen LogP contribution in [-0.4, -0.2) is 28.9 Å². The van der Waals surface area contributed by atoms with Crippen LogP contribution >= 0.6 is 11.8 Å². The van der Waals surface area contributed by atoms with Gasteiger partial charge in [-0.15, -0.1) is 11.8 Å². The van der Waals surface area contributed by atoms with Gasteiger partial charge in [0.1, 0.15) is 5.03 Å². The topological polar surface area (TPSA) is 62.2 Å². The zero-order chi connectivity index (χ0) is 14.4. The molecule has 0 saturated heterocycles. The normalized spacial score (nSPS) is 10.3. The SMILES string of the molecule is CSc1ncccc1C(=O)Nc1ccc(CCO)cc1. The van der Waals surface area contributed by atoms with Crippen LogP contribution in [0.2, 0.25) is 0 Å². The molecule has 5 heteroatoms. The van der Waals surface area contributed by atoms with E-state index >= 15 is 0 Å². The van der Waals surface area contributed by atoms with E-state index in [2.05, 4.69) is 10.3 Å². The highest BCUT2D eigenvalue weighted by Crippen LogP contribution is 2.18. The molecule has 1 aromatic heterocycles. The van der Waals surface area contributed by atoms with Crippen molar-refractivity contribution in [3.8, 4) is 0 Å². The lowest BCUT2D eigenvalue weighted by Gasteiger charge is -2.08. The van der Waals surface area contributed by atoms with E-state index in [4.69, 9.17) is 5.11 Å². The molecule has 104 valence electrons. The lowest BCUT2D eigenvalue weighted by molar-refractivity contribution is 0.102. The Morgan fingerprint density at radius 3 is 2.70 bits per heavy atom. The van der Waals surface area contributed by atoms with Crippen LogP contribution in [0, 0.1) is 0 Å². The fourth-order valence-electron chi connectivity index (χ4n) is 1.81. The maximum absolute atomic E-state index is 12.2. The van der Waals surface area contributed by atoms with Crippen LogP contribution in [0.25, 0.3) is 0 Å². The summed E-state index contributed by atoms with van der Waals surface area (Å²) in [5.74, 6) is -0.169. The molecule has 0 bridgehead atoms. The molecule has 2 N–H and O–H groups in total. The number of nitrogens with zero attached hydrogens (tertiary/aromatic N) is 1. The first-order valence-corrected chi connectivity index (χ1v) is 7.47. The van der Waals surface area contributed by atoms with E-state index in [1.165, 1.54) is 11.8 Å². The van der Waals surface area contributed by atoms with E-state index < -0.39 is 0 Å². The van der Waals surface area contributed by atoms with Gasteiger partial charge in [-0.05, 0) is 42.5 Å². The summed E-state index contributed by atoms with van der Waals surface area (Å²) in [6, 6.07) is 11.0. The van der Waals surface area contributed by atoms with E-state index in [1.807, 2.05) is 30.5 Å². The number of thioether (sulfide) groups is 1. The Labute approximate surface area is 122 Å². The standard InChI is InChI=1S/C15H16N2O2S/c1-20-15-13(3-2-9-16-15)14(19)17-12-6-4-11(5-7-12)8-10-18/h2-7,9,18H,8,10H2,1H3,(H,17,19). The minimum Gasteiger partial charge on any atom is -0.396 e. The first-order chi connectivity index (χ1) is 9.74. The number of benzene rings is 1. The van der Waals surface area contributed by atoms with Gasteiger partial charge in [-0.3, -0.25) is 4.79 Å². The Bertz CT molecular complexity index is 585. The third-order valence-electron chi connectivity index (χ3n) is 2.82. The Morgan fingerprint density at radius 2 is 2.05 bits per heavy atom. The zero-order valence-corrected chi connectivity index (χ0v) is 12.0. The number of nitrogens with one attached hydrogen (secondary N) is 1. The highest BCUT2D eigenvalue weighted by Gasteiger charge is 2.11. The second kappa shape index (κ2) is 7.07. The van der Waals surface area contributed by atoms with Crippen LogP contribution < -0.4 is 5.32 Å². The molecule has 0 aliphatic rings. The second-order valence-electron chi connectivity index (χ2n) is 4.18. The first kappa shape index (κ1) is 14.6. The Hall–Kier alpha value is -1.85. The number of pyridine rings is 1. The number of rotatable bonds is 5. The Kier molecular flexibility index (Phi) is 5.15. The largest absolute Gasteiger partial charge is 0.396 e. The van der Waals surface area contributed by atoms with Gasteiger partial charge in [-0.2, -0.15) is 0 Å². The number of carbonyl (C=O) groups excluding carboxylic acids is 1. The van der Waals surface area contributed by atoms with Gasteiger partial charge < -0.3 is 10.4 Å². The Balaban J connectivity index is 2.11. The number of aliphatic hydroxyl groups excluding tert-OH is 1. The number of carbonyl (C=O) groups is 1. The predicted octanol–water partition coefficient (Wildman–Crippen LogP) is 2.59. The summed E-state index contributed by atoms with van der Waals surface area (Å²) in [5.41, 5.74) is 2.34. The summed E-state index contributed by atoms with van der Waals surface area (Å²) in [6.45, 7) is 0.123. The smallest absolute Gasteiger partial charge is 0.258 e. The molecular weight excluding hydrogens is 272 g/mol. The summed E-state index contributed by atoms with van der Waals surface area (Å²) in [6.07, 6.45) is 4.18. The maximum Gasteiger partial charge on any atom is 0.258 e. The summed E-state index contributed by atoms with van der Waals surface area (Å²) in [7, 11) is 0. The summed E-state index contributed by atoms with van der Waals surface area (Å²) in [4.78, 5) is 16.4. The van der Waals surface area contributed by atoms with Gasteiger partial charge in [-0.25, -0.2) is 4.98 Å². The molecule has 0 spiro atoms. The fourth-order valence-corrected chi connectivity index (χ4v) is 2.36. The third-order valence-corrected chi connectivity index (χ3v) is 3.53. The Morgan fingerprint density at radius 1 is 1.30 bits per heavy atom. The van der Waals surface area contributed by atoms with Gasteiger partial charge in [0.25, 0.3) is 5.91 Å². The minimum absolute atomic E-state index is 0.123. The van der Waals surface area contributed by atoms with Crippen molar-refractivity contribution in [2.75, 3.05) is 18.2 Å². The molecule has 0 fully saturated rings. The lowest BCUT2D eigenvalue weighted by Crippen LogP contribution is -2.13. The monoisotopic (exact) mass is 288 g/mol. The molecule has 1 amide bonds. The number of hydrogen-bond acceptors (Lipinski definition) is 4. The zero-order valence-electron chi connectivity index (χ0n) is 11.2. The van der Waals surface area contributed by atoms with Crippen molar-refractivity contribution in [2.24, 2.45) is 0 Å². The highest BCUT2D eigenvalue weighted by molar-refractivity contribution is 7.98. The van der Waals surface area contributed by atoms with E-state index in [9.17, 15) is 4.79 Å². The van der Waals surface area contributed by atoms with Gasteiger partial charge in [0.05, 0.1) is 5.56 Å². The van der Waals surface area contributed by atoms with Crippen molar-refractivity contribution in [3.63, 3.8) is 0 Å². The average Bonchev–Trinajstić information content (AvgIpc) is 2.49. The predicted molar refractivity (Wildman–Crippen MR) is 81.2 cm³/mol. The van der Waals surface area contributed by atoms with E-state index in [0.29, 0.717) is 17.0 Å². The maximum atomic E-state index is 12.2. The molecule has 20 heavy (non-hydrogen) atoms. The quantitative estimate of drug-likeness (QED) is 0.830. The van der Waals surface area contributed by atoms with Gasteiger partial charge in [-0.1, -0.05) is 12.1 Å². The van der Waals surface area contributed by atoms with Crippen LogP contribution in [0.15, 0.2) is 47.6 Å². The van der Waals surface area contributed by atoms with Crippen molar-refractivity contribution >= 4 is 23.4 Å². The summed E-state index contributed by atoms with van der Waals surface area (Å²) >= 11 is 1.44. The molecule has 0 unspecified atom stereocenters. The fraction of sp³-hybridized carbons (Fsp3) is 0.200. The first-order valence-electron chi connectivity index (χ1n) is 6.24. The van der Waals surface area contributed by atoms with E-state index in [1.54, 1.807) is 18.3 Å². The van der Waals surface area contributed by atoms with Gasteiger partial charge in [0, 0.05) is 18.5 Å². The third kappa shape index (κ3) is 3.59. The van der Waals surface area contributed by atoms with E-state index in [0.717, 1.165) is 11.3 Å². The van der Waals surface area contributed by atoms with Gasteiger partial charge in [0.2, 0.25) is 0 Å². The molecule has 0 aliphatic heterocycles. The molecule has 0 radical (unpaired) electrons. The number of aliphatic hydroxyl groups is 1. The molecule has 2 rings (SSSR count). The van der Waals surface area contributed by atoms with Crippen LogP contribution in [0.5, 0.6) is 0 Å². The minimum atomic E-state index is -0.169. The average molecular weight is 288 g/mol.